The summed E-state index contributed by atoms with van der Waals surface area (Å²) in [5.74, 6) is -0.00704. The van der Waals surface area contributed by atoms with Gasteiger partial charge in [-0.15, -0.1) is 0 Å². The third-order valence-corrected chi connectivity index (χ3v) is 3.64. The molecule has 0 unspecified atom stereocenters. The van der Waals surface area contributed by atoms with Gasteiger partial charge in [-0.05, 0) is 36.8 Å². The molecule has 4 nitrogen and oxygen atoms in total. The topological polar surface area (TPSA) is 71.9 Å². The summed E-state index contributed by atoms with van der Waals surface area (Å²) in [6.45, 7) is 3.76. The van der Waals surface area contributed by atoms with Crippen LogP contribution in [0.5, 0.6) is 11.5 Å². The zero-order valence-electron chi connectivity index (χ0n) is 14.4. The molecular formula is C20H16ClGaN2O2. The van der Waals surface area contributed by atoms with E-state index in [2.05, 4.69) is 9.97 Å². The molecule has 4 rings (SSSR count). The largest absolute Gasteiger partial charge is 3.00 e. The van der Waals surface area contributed by atoms with E-state index in [1.54, 1.807) is 12.1 Å². The van der Waals surface area contributed by atoms with Crippen molar-refractivity contribution in [3.8, 4) is 11.5 Å². The van der Waals surface area contributed by atoms with E-state index in [1.807, 2.05) is 50.2 Å². The summed E-state index contributed by atoms with van der Waals surface area (Å²) in [4.78, 5) is 8.33. The Kier molecular flexibility index (Phi) is 7.95. The smallest absolute Gasteiger partial charge is 1.00 e. The first-order chi connectivity index (χ1) is 11.5. The Morgan fingerprint density at radius 3 is 1.38 bits per heavy atom. The SMILES string of the molecule is Cc1ccc2cccc([O-])c2n1.Cc1ccc2cccc([O-])c2n1.[Cl-].[Ga+3]. The quantitative estimate of drug-likeness (QED) is 0.371. The van der Waals surface area contributed by atoms with Crippen LogP contribution in [0.4, 0.5) is 0 Å². The summed E-state index contributed by atoms with van der Waals surface area (Å²) in [7, 11) is 0. The van der Waals surface area contributed by atoms with E-state index >= 15 is 0 Å². The zero-order valence-corrected chi connectivity index (χ0v) is 17.6. The number of para-hydroxylation sites is 2. The third-order valence-electron chi connectivity index (χ3n) is 3.64. The summed E-state index contributed by atoms with van der Waals surface area (Å²) in [6.07, 6.45) is 0. The molecule has 0 aliphatic rings. The number of fused-ring (bicyclic) bond motifs is 2. The number of halogens is 1. The van der Waals surface area contributed by atoms with Crippen LogP contribution < -0.4 is 22.6 Å². The fourth-order valence-electron chi connectivity index (χ4n) is 2.43. The molecule has 2 aromatic heterocycles. The maximum absolute atomic E-state index is 11.3. The summed E-state index contributed by atoms with van der Waals surface area (Å²) < 4.78 is 0. The van der Waals surface area contributed by atoms with Gasteiger partial charge in [-0.1, -0.05) is 60.0 Å². The van der Waals surface area contributed by atoms with Crippen molar-refractivity contribution >= 4 is 41.6 Å². The van der Waals surface area contributed by atoms with E-state index < -0.39 is 0 Å². The van der Waals surface area contributed by atoms with Crippen molar-refractivity contribution in [1.29, 1.82) is 0 Å². The van der Waals surface area contributed by atoms with Crippen LogP contribution in [0.2, 0.25) is 0 Å². The van der Waals surface area contributed by atoms with Gasteiger partial charge in [-0.2, -0.15) is 0 Å². The van der Waals surface area contributed by atoms with Gasteiger partial charge in [-0.25, -0.2) is 0 Å². The van der Waals surface area contributed by atoms with Crippen molar-refractivity contribution in [1.82, 2.24) is 9.97 Å². The van der Waals surface area contributed by atoms with Gasteiger partial charge in [0.25, 0.3) is 0 Å². The Morgan fingerprint density at radius 1 is 0.615 bits per heavy atom. The number of pyridine rings is 2. The van der Waals surface area contributed by atoms with Gasteiger partial charge in [0.05, 0.1) is 11.0 Å². The van der Waals surface area contributed by atoms with Gasteiger partial charge in [0.15, 0.2) is 0 Å². The van der Waals surface area contributed by atoms with Crippen LogP contribution >= 0.6 is 0 Å². The molecule has 0 spiro atoms. The molecule has 128 valence electrons. The number of aryl methyl sites for hydroxylation is 2. The van der Waals surface area contributed by atoms with E-state index in [1.165, 1.54) is 12.1 Å². The average Bonchev–Trinajstić information content (AvgIpc) is 2.57. The molecule has 2 heterocycles. The Hall–Kier alpha value is -2.21. The van der Waals surface area contributed by atoms with Crippen LogP contribution in [-0.4, -0.2) is 29.8 Å². The third kappa shape index (κ3) is 4.91. The van der Waals surface area contributed by atoms with Crippen molar-refractivity contribution in [2.45, 2.75) is 13.8 Å². The Balaban J connectivity index is 0.000000241. The van der Waals surface area contributed by atoms with Crippen LogP contribution in [0, 0.1) is 13.8 Å². The fourth-order valence-corrected chi connectivity index (χ4v) is 2.43. The zero-order chi connectivity index (χ0) is 17.1. The van der Waals surface area contributed by atoms with Crippen LogP contribution in [-0.2, 0) is 0 Å². The van der Waals surface area contributed by atoms with E-state index in [0.717, 1.165) is 22.2 Å². The van der Waals surface area contributed by atoms with E-state index in [9.17, 15) is 10.2 Å². The first-order valence-electron chi connectivity index (χ1n) is 7.61. The number of rotatable bonds is 0. The Bertz CT molecular complexity index is 942. The molecule has 6 heteroatoms. The van der Waals surface area contributed by atoms with Crippen molar-refractivity contribution in [3.63, 3.8) is 0 Å². The fraction of sp³-hybridized carbons (Fsp3) is 0.100. The molecule has 0 amide bonds. The van der Waals surface area contributed by atoms with Crippen LogP contribution in [0.25, 0.3) is 21.8 Å². The molecule has 26 heavy (non-hydrogen) atoms. The van der Waals surface area contributed by atoms with Crippen molar-refractivity contribution < 1.29 is 22.6 Å². The average molecular weight is 422 g/mol. The molecule has 0 radical (unpaired) electrons. The predicted molar refractivity (Wildman–Crippen MR) is 97.6 cm³/mol. The molecule has 0 saturated carbocycles. The van der Waals surface area contributed by atoms with Gasteiger partial charge in [0, 0.05) is 11.4 Å². The van der Waals surface area contributed by atoms with Gasteiger partial charge < -0.3 is 22.6 Å². The molecule has 0 aliphatic heterocycles. The van der Waals surface area contributed by atoms with Gasteiger partial charge in [-0.3, -0.25) is 9.97 Å². The van der Waals surface area contributed by atoms with E-state index in [0.29, 0.717) is 11.0 Å². The molecule has 0 N–H and O–H groups in total. The first-order valence-corrected chi connectivity index (χ1v) is 7.61. The van der Waals surface area contributed by atoms with E-state index in [4.69, 9.17) is 0 Å². The second kappa shape index (κ2) is 9.47. The summed E-state index contributed by atoms with van der Waals surface area (Å²) >= 11 is 0. The second-order valence-electron chi connectivity index (χ2n) is 5.56. The minimum atomic E-state index is -0.00352. The molecule has 4 aromatic rings. The van der Waals surface area contributed by atoms with Gasteiger partial charge >= 0.3 is 19.8 Å². The van der Waals surface area contributed by atoms with Crippen molar-refractivity contribution in [2.75, 3.05) is 0 Å². The molecule has 0 atom stereocenters. The van der Waals surface area contributed by atoms with Crippen molar-refractivity contribution in [3.05, 3.63) is 72.1 Å². The van der Waals surface area contributed by atoms with Gasteiger partial charge in [0.1, 0.15) is 0 Å². The summed E-state index contributed by atoms with van der Waals surface area (Å²) in [6, 6.07) is 18.0. The number of benzene rings is 2. The van der Waals surface area contributed by atoms with Crippen LogP contribution in [0.15, 0.2) is 60.7 Å². The number of nitrogens with zero attached hydrogens (tertiary/aromatic N) is 2. The molecule has 0 bridgehead atoms. The second-order valence-corrected chi connectivity index (χ2v) is 5.56. The maximum atomic E-state index is 11.3. The minimum Gasteiger partial charge on any atom is -1.00 e. The first kappa shape index (κ1) is 21.8. The van der Waals surface area contributed by atoms with Crippen LogP contribution in [0.1, 0.15) is 11.4 Å². The standard InChI is InChI=1S/2C10H9NO.ClH.Ga/c2*1-7-5-6-8-3-2-4-9(12)10(8)11-7;;/h2*2-6,12H,1H3;1H;/q;;;+3/p-3. The molecular weight excluding hydrogens is 405 g/mol. The van der Waals surface area contributed by atoms with Gasteiger partial charge in [0.2, 0.25) is 0 Å². The minimum absolute atomic E-state index is 0. The maximum Gasteiger partial charge on any atom is 3.00 e. The summed E-state index contributed by atoms with van der Waals surface area (Å²) in [5.41, 5.74) is 2.90. The van der Waals surface area contributed by atoms with Crippen LogP contribution in [0.3, 0.4) is 0 Å². The number of aromatic nitrogens is 2. The number of hydrogen-bond acceptors (Lipinski definition) is 4. The molecule has 2 aromatic carbocycles. The van der Waals surface area contributed by atoms with E-state index in [-0.39, 0.29) is 43.7 Å². The molecule has 0 fully saturated rings. The van der Waals surface area contributed by atoms with Crippen molar-refractivity contribution in [2.24, 2.45) is 0 Å². The summed E-state index contributed by atoms with van der Waals surface area (Å²) in [5, 5.41) is 24.4. The normalized spacial score (nSPS) is 9.62. The Morgan fingerprint density at radius 2 is 1.00 bits per heavy atom. The predicted octanol–water partition coefficient (Wildman–Crippen LogP) is -0.143. The Labute approximate surface area is 171 Å². The molecule has 0 saturated heterocycles. The molecule has 0 aliphatic carbocycles. The monoisotopic (exact) mass is 420 g/mol. The number of hydrogen-bond donors (Lipinski definition) is 0.